The molecule has 3 rings (SSSR count). The summed E-state index contributed by atoms with van der Waals surface area (Å²) in [7, 11) is 0. The summed E-state index contributed by atoms with van der Waals surface area (Å²) >= 11 is 0. The van der Waals surface area contributed by atoms with Crippen molar-refractivity contribution in [3.63, 3.8) is 0 Å². The van der Waals surface area contributed by atoms with Crippen molar-refractivity contribution in [2.24, 2.45) is 11.8 Å². The highest BCUT2D eigenvalue weighted by atomic mass is 16.9. The molecule has 6 heteroatoms. The summed E-state index contributed by atoms with van der Waals surface area (Å²) in [5.74, 6) is -2.10. The molecular formula is C17H26O6. The molecule has 23 heavy (non-hydrogen) atoms. The average molecular weight is 326 g/mol. The zero-order valence-corrected chi connectivity index (χ0v) is 14.5. The van der Waals surface area contributed by atoms with E-state index in [4.69, 9.17) is 18.9 Å². The van der Waals surface area contributed by atoms with Gasteiger partial charge in [0.05, 0.1) is 12.5 Å². The summed E-state index contributed by atoms with van der Waals surface area (Å²) in [6.45, 7) is 9.45. The van der Waals surface area contributed by atoms with Crippen molar-refractivity contribution >= 4 is 12.3 Å². The van der Waals surface area contributed by atoms with Gasteiger partial charge in [-0.3, -0.25) is 4.79 Å². The summed E-state index contributed by atoms with van der Waals surface area (Å²) in [5.41, 5.74) is -1.52. The second-order valence-electron chi connectivity index (χ2n) is 7.28. The quantitative estimate of drug-likeness (QED) is 0.585. The van der Waals surface area contributed by atoms with Crippen LogP contribution in [0.2, 0.25) is 0 Å². The van der Waals surface area contributed by atoms with Crippen molar-refractivity contribution in [2.75, 3.05) is 0 Å². The second kappa shape index (κ2) is 5.26. The third-order valence-corrected chi connectivity index (χ3v) is 5.75. The number of hydrogen-bond donors (Lipinski definition) is 0. The first-order valence-corrected chi connectivity index (χ1v) is 8.45. The van der Waals surface area contributed by atoms with Gasteiger partial charge in [-0.25, -0.2) is 0 Å². The molecule has 0 saturated carbocycles. The molecule has 6 nitrogen and oxygen atoms in total. The van der Waals surface area contributed by atoms with Crippen LogP contribution in [-0.4, -0.2) is 41.6 Å². The van der Waals surface area contributed by atoms with Crippen molar-refractivity contribution in [2.45, 2.75) is 83.3 Å². The van der Waals surface area contributed by atoms with Crippen LogP contribution in [0.5, 0.6) is 0 Å². The fraction of sp³-hybridized carbons (Fsp3) is 0.882. The zero-order chi connectivity index (χ0) is 17.0. The summed E-state index contributed by atoms with van der Waals surface area (Å²) < 4.78 is 24.1. The van der Waals surface area contributed by atoms with Crippen molar-refractivity contribution in [1.29, 1.82) is 0 Å². The molecule has 3 aliphatic rings. The first-order valence-electron chi connectivity index (χ1n) is 8.45. The van der Waals surface area contributed by atoms with Gasteiger partial charge in [-0.05, 0) is 20.3 Å². The van der Waals surface area contributed by atoms with Crippen LogP contribution in [0.4, 0.5) is 0 Å². The lowest BCUT2D eigenvalue weighted by Crippen LogP contribution is -2.67. The van der Waals surface area contributed by atoms with Gasteiger partial charge in [-0.15, -0.1) is 0 Å². The minimum Gasteiger partial charge on any atom is -0.459 e. The summed E-state index contributed by atoms with van der Waals surface area (Å²) in [4.78, 5) is 23.5. The van der Waals surface area contributed by atoms with Crippen LogP contribution in [0.3, 0.4) is 0 Å². The number of carbonyl (C=O) groups excluding carboxylic acids is 2. The van der Waals surface area contributed by atoms with E-state index in [1.54, 1.807) is 6.92 Å². The Kier molecular flexibility index (Phi) is 3.86. The Morgan fingerprint density at radius 2 is 2.04 bits per heavy atom. The number of carbonyl (C=O) groups is 2. The predicted octanol–water partition coefficient (Wildman–Crippen LogP) is 2.19. The highest BCUT2D eigenvalue weighted by molar-refractivity contribution is 5.72. The van der Waals surface area contributed by atoms with Gasteiger partial charge >= 0.3 is 5.97 Å². The van der Waals surface area contributed by atoms with Crippen molar-refractivity contribution in [3.05, 3.63) is 0 Å². The lowest BCUT2D eigenvalue weighted by atomic mass is 9.62. The Balaban J connectivity index is 2.15. The monoisotopic (exact) mass is 326 g/mol. The van der Waals surface area contributed by atoms with Crippen LogP contribution in [-0.2, 0) is 28.5 Å². The topological polar surface area (TPSA) is 71.1 Å². The molecule has 2 bridgehead atoms. The van der Waals surface area contributed by atoms with Gasteiger partial charge in [0, 0.05) is 25.2 Å². The van der Waals surface area contributed by atoms with Crippen LogP contribution in [0.25, 0.3) is 0 Å². The van der Waals surface area contributed by atoms with Crippen LogP contribution < -0.4 is 0 Å². The Morgan fingerprint density at radius 3 is 2.65 bits per heavy atom. The molecule has 3 fully saturated rings. The normalized spacial score (nSPS) is 50.7. The zero-order valence-electron chi connectivity index (χ0n) is 14.5. The number of hydrogen-bond acceptors (Lipinski definition) is 6. The molecule has 0 aliphatic carbocycles. The molecule has 3 saturated heterocycles. The molecular weight excluding hydrogens is 300 g/mol. The lowest BCUT2D eigenvalue weighted by molar-refractivity contribution is -0.380. The molecule has 1 spiro atoms. The summed E-state index contributed by atoms with van der Waals surface area (Å²) in [6, 6.07) is 0. The Morgan fingerprint density at radius 1 is 1.35 bits per heavy atom. The smallest absolute Gasteiger partial charge is 0.306 e. The minimum atomic E-state index is -1.17. The number of rotatable bonds is 3. The maximum absolute atomic E-state index is 12.0. The van der Waals surface area contributed by atoms with Gasteiger partial charge in [0.15, 0.2) is 0 Å². The van der Waals surface area contributed by atoms with Gasteiger partial charge in [0.2, 0.25) is 0 Å². The van der Waals surface area contributed by atoms with Gasteiger partial charge in [0.25, 0.3) is 5.97 Å². The maximum Gasteiger partial charge on any atom is 0.306 e. The molecule has 0 amide bonds. The van der Waals surface area contributed by atoms with Crippen LogP contribution >= 0.6 is 0 Å². The number of aldehydes is 1. The molecule has 0 aromatic heterocycles. The second-order valence-corrected chi connectivity index (χ2v) is 7.28. The van der Waals surface area contributed by atoms with Crippen molar-refractivity contribution < 1.29 is 28.5 Å². The first-order chi connectivity index (χ1) is 10.7. The van der Waals surface area contributed by atoms with Crippen molar-refractivity contribution in [3.8, 4) is 0 Å². The Hall–Kier alpha value is -0.980. The maximum atomic E-state index is 12.0. The van der Waals surface area contributed by atoms with E-state index in [1.165, 1.54) is 0 Å². The van der Waals surface area contributed by atoms with E-state index in [2.05, 4.69) is 0 Å². The van der Waals surface area contributed by atoms with E-state index >= 15 is 0 Å². The highest BCUT2D eigenvalue weighted by Gasteiger charge is 2.74. The molecule has 7 unspecified atom stereocenters. The van der Waals surface area contributed by atoms with Gasteiger partial charge < -0.3 is 23.7 Å². The van der Waals surface area contributed by atoms with Crippen LogP contribution in [0.15, 0.2) is 0 Å². The molecule has 0 aromatic carbocycles. The number of ether oxygens (including phenoxy) is 4. The average Bonchev–Trinajstić information content (AvgIpc) is 2.66. The third-order valence-electron chi connectivity index (χ3n) is 5.75. The van der Waals surface area contributed by atoms with Crippen LogP contribution in [0, 0.1) is 11.8 Å². The van der Waals surface area contributed by atoms with Crippen LogP contribution in [0.1, 0.15) is 53.9 Å². The van der Waals surface area contributed by atoms with E-state index in [1.807, 2.05) is 27.7 Å². The van der Waals surface area contributed by atoms with Gasteiger partial charge in [-0.2, -0.15) is 0 Å². The first kappa shape index (κ1) is 16.9. The fourth-order valence-corrected chi connectivity index (χ4v) is 4.97. The van der Waals surface area contributed by atoms with E-state index in [0.717, 1.165) is 6.29 Å². The fourth-order valence-electron chi connectivity index (χ4n) is 4.97. The molecule has 130 valence electrons. The number of cyclic esters (lactones) is 1. The van der Waals surface area contributed by atoms with Gasteiger partial charge in [-0.1, -0.05) is 13.8 Å². The largest absolute Gasteiger partial charge is 0.459 e. The lowest BCUT2D eigenvalue weighted by Gasteiger charge is -2.52. The van der Waals surface area contributed by atoms with E-state index in [0.29, 0.717) is 12.8 Å². The summed E-state index contributed by atoms with van der Waals surface area (Å²) in [5, 5.41) is 0. The highest BCUT2D eigenvalue weighted by Crippen LogP contribution is 2.60. The molecule has 3 aliphatic heterocycles. The SMILES string of the molecule is CCC12CC(C)OC(C)(O1)OC21C(C)OC(=O)CC1C(C)C=O. The molecule has 0 N–H and O–H groups in total. The molecule has 0 aromatic rings. The summed E-state index contributed by atoms with van der Waals surface area (Å²) in [6.07, 6.45) is 1.83. The number of esters is 1. The third kappa shape index (κ3) is 2.18. The molecule has 0 radical (unpaired) electrons. The van der Waals surface area contributed by atoms with E-state index < -0.39 is 23.3 Å². The van der Waals surface area contributed by atoms with Gasteiger partial charge in [0.1, 0.15) is 23.6 Å². The predicted molar refractivity (Wildman–Crippen MR) is 80.4 cm³/mol. The molecule has 7 atom stereocenters. The molecule has 3 heterocycles. The Bertz CT molecular complexity index is 521. The number of fused-ring (bicyclic) bond motifs is 3. The van der Waals surface area contributed by atoms with E-state index in [-0.39, 0.29) is 30.3 Å². The standard InChI is InChI=1S/C17H26O6/c1-6-16-8-11(3)21-15(5,22-16)23-17(16)12(4)20-14(19)7-13(17)10(2)9-18/h9-13H,6-8H2,1-5H3. The van der Waals surface area contributed by atoms with Crippen molar-refractivity contribution in [1.82, 2.24) is 0 Å². The Labute approximate surface area is 136 Å². The van der Waals surface area contributed by atoms with E-state index in [9.17, 15) is 9.59 Å². The minimum absolute atomic E-state index is 0.0370.